The number of rotatable bonds is 8. The van der Waals surface area contributed by atoms with E-state index in [0.29, 0.717) is 36.3 Å². The molecule has 0 unspecified atom stereocenters. The van der Waals surface area contributed by atoms with E-state index in [2.05, 4.69) is 20.6 Å². The number of hydrogen-bond donors (Lipinski definition) is 2. The Bertz CT molecular complexity index is 726. The summed E-state index contributed by atoms with van der Waals surface area (Å²) in [4.78, 5) is 8.93. The summed E-state index contributed by atoms with van der Waals surface area (Å²) in [5, 5.41) is 6.50. The fourth-order valence-electron chi connectivity index (χ4n) is 2.47. The van der Waals surface area contributed by atoms with Crippen LogP contribution in [0.3, 0.4) is 0 Å². The minimum atomic E-state index is 0. The monoisotopic (exact) mass is 486 g/mol. The molecule has 2 N–H and O–H groups in total. The molecular formula is C19H27IN4O3. The predicted molar refractivity (Wildman–Crippen MR) is 117 cm³/mol. The summed E-state index contributed by atoms with van der Waals surface area (Å²) in [5.74, 6) is 2.51. The summed E-state index contributed by atoms with van der Waals surface area (Å²) in [5.41, 5.74) is 1.85. The summed E-state index contributed by atoms with van der Waals surface area (Å²) in [6.45, 7) is 3.81. The molecular weight excluding hydrogens is 459 g/mol. The third-order valence-electron chi connectivity index (χ3n) is 3.70. The molecule has 2 aromatic rings. The van der Waals surface area contributed by atoms with E-state index < -0.39 is 0 Å². The summed E-state index contributed by atoms with van der Waals surface area (Å²) in [6, 6.07) is 9.59. The Kier molecular flexibility index (Phi) is 10.3. The Morgan fingerprint density at radius 1 is 1.00 bits per heavy atom. The van der Waals surface area contributed by atoms with Crippen molar-refractivity contribution in [3.8, 4) is 17.2 Å². The number of ether oxygens (including phenoxy) is 3. The van der Waals surface area contributed by atoms with Crippen LogP contribution in [0, 0.1) is 0 Å². The number of hydrogen-bond acceptors (Lipinski definition) is 5. The molecule has 0 bridgehead atoms. The Hall–Kier alpha value is -2.23. The first-order chi connectivity index (χ1) is 12.7. The van der Waals surface area contributed by atoms with Crippen molar-refractivity contribution >= 4 is 29.9 Å². The summed E-state index contributed by atoms with van der Waals surface area (Å²) >= 11 is 0. The maximum atomic E-state index is 5.51. The van der Waals surface area contributed by atoms with E-state index in [9.17, 15) is 0 Å². The van der Waals surface area contributed by atoms with Gasteiger partial charge in [-0.05, 0) is 31.2 Å². The van der Waals surface area contributed by atoms with Gasteiger partial charge in [-0.3, -0.25) is 4.98 Å². The minimum absolute atomic E-state index is 0. The number of benzene rings is 1. The van der Waals surface area contributed by atoms with Crippen LogP contribution in [0.4, 0.5) is 0 Å². The second kappa shape index (κ2) is 12.2. The number of methoxy groups -OCH3 is 3. The molecule has 8 heteroatoms. The fourth-order valence-corrected chi connectivity index (χ4v) is 2.47. The molecule has 148 valence electrons. The third kappa shape index (κ3) is 6.46. The number of aromatic nitrogens is 1. The topological polar surface area (TPSA) is 77.0 Å². The van der Waals surface area contributed by atoms with Gasteiger partial charge in [0, 0.05) is 18.3 Å². The van der Waals surface area contributed by atoms with E-state index in [1.165, 1.54) is 0 Å². The molecule has 0 aliphatic heterocycles. The molecule has 0 atom stereocenters. The number of halogens is 1. The van der Waals surface area contributed by atoms with Gasteiger partial charge in [0.1, 0.15) is 0 Å². The van der Waals surface area contributed by atoms with E-state index in [4.69, 9.17) is 14.2 Å². The molecule has 0 aliphatic carbocycles. The SMILES string of the molecule is CCNC(=NCc1ccc(OC)c(OC)c1OC)NCc1ccccn1.I. The first kappa shape index (κ1) is 22.8. The third-order valence-corrected chi connectivity index (χ3v) is 3.70. The number of guanidine groups is 1. The van der Waals surface area contributed by atoms with Gasteiger partial charge in [0.25, 0.3) is 0 Å². The second-order valence-corrected chi connectivity index (χ2v) is 5.36. The smallest absolute Gasteiger partial charge is 0.203 e. The highest BCUT2D eigenvalue weighted by molar-refractivity contribution is 14.0. The molecule has 1 heterocycles. The van der Waals surface area contributed by atoms with E-state index >= 15 is 0 Å². The molecule has 0 amide bonds. The molecule has 0 aliphatic rings. The standard InChI is InChI=1S/C19H26N4O3.HI/c1-5-20-19(23-13-15-8-6-7-11-21-15)22-12-14-9-10-16(24-2)18(26-4)17(14)25-3;/h6-11H,5,12-13H2,1-4H3,(H2,20,22,23);1H. The van der Waals surface area contributed by atoms with Crippen molar-refractivity contribution in [2.75, 3.05) is 27.9 Å². The molecule has 1 aromatic carbocycles. The largest absolute Gasteiger partial charge is 0.493 e. The van der Waals surface area contributed by atoms with Crippen LogP contribution in [0.1, 0.15) is 18.2 Å². The van der Waals surface area contributed by atoms with Crippen LogP contribution < -0.4 is 24.8 Å². The zero-order valence-corrected chi connectivity index (χ0v) is 18.4. The van der Waals surface area contributed by atoms with Crippen molar-refractivity contribution in [1.29, 1.82) is 0 Å². The van der Waals surface area contributed by atoms with Gasteiger partial charge in [-0.1, -0.05) is 6.07 Å². The summed E-state index contributed by atoms with van der Waals surface area (Å²) in [6.07, 6.45) is 1.77. The molecule has 2 rings (SSSR count). The van der Waals surface area contributed by atoms with Crippen LogP contribution in [-0.4, -0.2) is 38.8 Å². The second-order valence-electron chi connectivity index (χ2n) is 5.36. The molecule has 0 spiro atoms. The molecule has 0 saturated carbocycles. The average molecular weight is 486 g/mol. The first-order valence-corrected chi connectivity index (χ1v) is 8.43. The molecule has 7 nitrogen and oxygen atoms in total. The number of nitrogens with zero attached hydrogens (tertiary/aromatic N) is 2. The van der Waals surface area contributed by atoms with Crippen molar-refractivity contribution in [3.05, 3.63) is 47.8 Å². The highest BCUT2D eigenvalue weighted by Crippen LogP contribution is 2.39. The Balaban J connectivity index is 0.00000364. The van der Waals surface area contributed by atoms with E-state index in [-0.39, 0.29) is 24.0 Å². The molecule has 1 aromatic heterocycles. The van der Waals surface area contributed by atoms with Gasteiger partial charge in [-0.25, -0.2) is 4.99 Å². The predicted octanol–water partition coefficient (Wildman–Crippen LogP) is 2.98. The van der Waals surface area contributed by atoms with Gasteiger partial charge in [0.15, 0.2) is 17.5 Å². The van der Waals surface area contributed by atoms with Gasteiger partial charge in [-0.2, -0.15) is 0 Å². The average Bonchev–Trinajstić information content (AvgIpc) is 2.69. The van der Waals surface area contributed by atoms with Gasteiger partial charge < -0.3 is 24.8 Å². The zero-order chi connectivity index (χ0) is 18.8. The van der Waals surface area contributed by atoms with Gasteiger partial charge in [-0.15, -0.1) is 24.0 Å². The van der Waals surface area contributed by atoms with Crippen LogP contribution in [0.25, 0.3) is 0 Å². The Labute approximate surface area is 177 Å². The lowest BCUT2D eigenvalue weighted by Gasteiger charge is -2.15. The maximum absolute atomic E-state index is 5.51. The van der Waals surface area contributed by atoms with Gasteiger partial charge in [0.2, 0.25) is 5.75 Å². The highest BCUT2D eigenvalue weighted by atomic mass is 127. The molecule has 0 radical (unpaired) electrons. The van der Waals surface area contributed by atoms with Crippen LogP contribution in [0.5, 0.6) is 17.2 Å². The van der Waals surface area contributed by atoms with Gasteiger partial charge >= 0.3 is 0 Å². The van der Waals surface area contributed by atoms with Crippen LogP contribution in [0.15, 0.2) is 41.5 Å². The lowest BCUT2D eigenvalue weighted by atomic mass is 10.1. The number of pyridine rings is 1. The van der Waals surface area contributed by atoms with Crippen molar-refractivity contribution in [1.82, 2.24) is 15.6 Å². The quantitative estimate of drug-likeness (QED) is 0.340. The van der Waals surface area contributed by atoms with E-state index in [0.717, 1.165) is 17.8 Å². The molecule has 0 saturated heterocycles. The van der Waals surface area contributed by atoms with E-state index in [1.807, 2.05) is 37.3 Å². The maximum Gasteiger partial charge on any atom is 0.203 e. The van der Waals surface area contributed by atoms with E-state index in [1.54, 1.807) is 27.5 Å². The lowest BCUT2D eigenvalue weighted by Crippen LogP contribution is -2.37. The van der Waals surface area contributed by atoms with Crippen molar-refractivity contribution in [2.24, 2.45) is 4.99 Å². The first-order valence-electron chi connectivity index (χ1n) is 8.43. The normalized spacial score (nSPS) is 10.6. The van der Waals surface area contributed by atoms with Crippen molar-refractivity contribution < 1.29 is 14.2 Å². The van der Waals surface area contributed by atoms with Gasteiger partial charge in [0.05, 0.1) is 40.1 Å². The fraction of sp³-hybridized carbons (Fsp3) is 0.368. The summed E-state index contributed by atoms with van der Waals surface area (Å²) < 4.78 is 16.2. The Morgan fingerprint density at radius 3 is 2.37 bits per heavy atom. The van der Waals surface area contributed by atoms with Crippen LogP contribution in [-0.2, 0) is 13.1 Å². The molecule has 27 heavy (non-hydrogen) atoms. The Morgan fingerprint density at radius 2 is 1.78 bits per heavy atom. The van der Waals surface area contributed by atoms with Crippen molar-refractivity contribution in [3.63, 3.8) is 0 Å². The van der Waals surface area contributed by atoms with Crippen LogP contribution in [0.2, 0.25) is 0 Å². The number of nitrogens with one attached hydrogen (secondary N) is 2. The van der Waals surface area contributed by atoms with Crippen LogP contribution >= 0.6 is 24.0 Å². The van der Waals surface area contributed by atoms with Crippen molar-refractivity contribution in [2.45, 2.75) is 20.0 Å². The molecule has 0 fully saturated rings. The summed E-state index contributed by atoms with van der Waals surface area (Å²) in [7, 11) is 4.79. The minimum Gasteiger partial charge on any atom is -0.493 e. The zero-order valence-electron chi connectivity index (χ0n) is 16.1. The highest BCUT2D eigenvalue weighted by Gasteiger charge is 2.15. The number of aliphatic imine (C=N–C) groups is 1. The lowest BCUT2D eigenvalue weighted by molar-refractivity contribution is 0.322.